The molecule has 19 heavy (non-hydrogen) atoms. The number of sulfone groups is 1. The van der Waals surface area contributed by atoms with Gasteiger partial charge in [-0.1, -0.05) is 0 Å². The molecule has 1 saturated heterocycles. The molecule has 5 nitrogen and oxygen atoms in total. The molecule has 1 aromatic heterocycles. The van der Waals surface area contributed by atoms with Gasteiger partial charge in [0.25, 0.3) is 0 Å². The molecule has 0 radical (unpaired) electrons. The normalized spacial score (nSPS) is 21.6. The Morgan fingerprint density at radius 1 is 1.32 bits per heavy atom. The van der Waals surface area contributed by atoms with Gasteiger partial charge in [-0.2, -0.15) is 0 Å². The van der Waals surface area contributed by atoms with Crippen LogP contribution in [0.2, 0.25) is 0 Å². The number of pyridine rings is 1. The van der Waals surface area contributed by atoms with E-state index in [9.17, 15) is 8.42 Å². The lowest BCUT2D eigenvalue weighted by atomic mass is 10.1. The average molecular weight is 278 g/mol. The fourth-order valence-corrected chi connectivity index (χ4v) is 3.89. The highest BCUT2D eigenvalue weighted by Gasteiger charge is 2.29. The monoisotopic (exact) mass is 278 g/mol. The number of nitrogen functional groups attached to an aromatic ring is 1. The van der Waals surface area contributed by atoms with Gasteiger partial charge in [0.05, 0.1) is 22.7 Å². The first-order valence-corrected chi connectivity index (χ1v) is 7.87. The molecule has 2 heterocycles. The van der Waals surface area contributed by atoms with E-state index in [0.29, 0.717) is 23.4 Å². The molecular weight excluding hydrogens is 264 g/mol. The second-order valence-corrected chi connectivity index (χ2v) is 6.92. The second kappa shape index (κ2) is 4.38. The maximum atomic E-state index is 11.4. The van der Waals surface area contributed by atoms with E-state index in [1.165, 1.54) is 0 Å². The van der Waals surface area contributed by atoms with Gasteiger partial charge >= 0.3 is 0 Å². The highest BCUT2D eigenvalue weighted by Crippen LogP contribution is 2.30. The summed E-state index contributed by atoms with van der Waals surface area (Å²) in [5.74, 6) is 0.918. The predicted octanol–water partition coefficient (Wildman–Crippen LogP) is 1.38. The Morgan fingerprint density at radius 3 is 2.89 bits per heavy atom. The molecular formula is C13H14N2O3S. The fraction of sp³-hybridized carbons (Fsp3) is 0.308. The Labute approximate surface area is 111 Å². The summed E-state index contributed by atoms with van der Waals surface area (Å²) in [6.45, 7) is 0. The summed E-state index contributed by atoms with van der Waals surface area (Å²) >= 11 is 0. The Morgan fingerprint density at radius 2 is 2.16 bits per heavy atom. The van der Waals surface area contributed by atoms with E-state index in [1.54, 1.807) is 24.4 Å². The van der Waals surface area contributed by atoms with Crippen molar-refractivity contribution in [2.45, 2.75) is 12.5 Å². The van der Waals surface area contributed by atoms with Gasteiger partial charge in [-0.15, -0.1) is 0 Å². The molecule has 1 fully saturated rings. The molecule has 0 bridgehead atoms. The lowest BCUT2D eigenvalue weighted by Gasteiger charge is -2.14. The van der Waals surface area contributed by atoms with Crippen LogP contribution in [0.15, 0.2) is 30.5 Å². The minimum absolute atomic E-state index is 0.0825. The number of nitrogens with zero attached hydrogens (tertiary/aromatic N) is 1. The molecule has 0 spiro atoms. The van der Waals surface area contributed by atoms with Gasteiger partial charge in [-0.05, 0) is 30.7 Å². The first-order valence-electron chi connectivity index (χ1n) is 6.05. The van der Waals surface area contributed by atoms with Crippen LogP contribution in [0.5, 0.6) is 5.75 Å². The predicted molar refractivity (Wildman–Crippen MR) is 73.8 cm³/mol. The summed E-state index contributed by atoms with van der Waals surface area (Å²) in [4.78, 5) is 4.22. The van der Waals surface area contributed by atoms with Gasteiger partial charge < -0.3 is 10.5 Å². The molecule has 0 amide bonds. The Balaban J connectivity index is 1.96. The van der Waals surface area contributed by atoms with Crippen LogP contribution in [0.1, 0.15) is 6.42 Å². The number of ether oxygens (including phenoxy) is 1. The number of hydrogen-bond donors (Lipinski definition) is 1. The standard InChI is InChI=1S/C13H14N2O3S/c14-11-3-4-12(10-2-1-6-15-13(10)11)18-9-5-7-19(16,17)8-9/h1-4,6,9H,5,7-8,14H2. The molecule has 0 saturated carbocycles. The number of anilines is 1. The maximum Gasteiger partial charge on any atom is 0.154 e. The zero-order valence-corrected chi connectivity index (χ0v) is 11.1. The Bertz CT molecular complexity index is 728. The summed E-state index contributed by atoms with van der Waals surface area (Å²) < 4.78 is 28.7. The summed E-state index contributed by atoms with van der Waals surface area (Å²) in [6, 6.07) is 7.18. The van der Waals surface area contributed by atoms with Crippen molar-refractivity contribution < 1.29 is 13.2 Å². The second-order valence-electron chi connectivity index (χ2n) is 4.70. The van der Waals surface area contributed by atoms with Crippen molar-refractivity contribution in [1.29, 1.82) is 0 Å². The van der Waals surface area contributed by atoms with E-state index in [0.717, 1.165) is 5.39 Å². The van der Waals surface area contributed by atoms with E-state index in [2.05, 4.69) is 4.98 Å². The zero-order valence-electron chi connectivity index (χ0n) is 10.2. The van der Waals surface area contributed by atoms with Gasteiger partial charge in [0.15, 0.2) is 9.84 Å². The Hall–Kier alpha value is -1.82. The highest BCUT2D eigenvalue weighted by molar-refractivity contribution is 7.91. The molecule has 1 aliphatic rings. The van der Waals surface area contributed by atoms with E-state index in [4.69, 9.17) is 10.5 Å². The first kappa shape index (κ1) is 12.2. The number of nitrogens with two attached hydrogens (primary N) is 1. The summed E-state index contributed by atoms with van der Waals surface area (Å²) in [5.41, 5.74) is 7.13. The van der Waals surface area contributed by atoms with Gasteiger partial charge in [0, 0.05) is 11.6 Å². The molecule has 0 aliphatic carbocycles. The largest absolute Gasteiger partial charge is 0.489 e. The van der Waals surface area contributed by atoms with Crippen LogP contribution < -0.4 is 10.5 Å². The van der Waals surface area contributed by atoms with Crippen molar-refractivity contribution in [2.24, 2.45) is 0 Å². The minimum Gasteiger partial charge on any atom is -0.489 e. The third-order valence-electron chi connectivity index (χ3n) is 3.25. The van der Waals surface area contributed by atoms with Crippen LogP contribution in [0.4, 0.5) is 5.69 Å². The average Bonchev–Trinajstić information content (AvgIpc) is 2.73. The molecule has 2 N–H and O–H groups in total. The van der Waals surface area contributed by atoms with Crippen molar-refractivity contribution in [1.82, 2.24) is 4.98 Å². The summed E-state index contributed by atoms with van der Waals surface area (Å²) in [5, 5.41) is 0.812. The quantitative estimate of drug-likeness (QED) is 0.839. The van der Waals surface area contributed by atoms with Crippen molar-refractivity contribution >= 4 is 26.4 Å². The zero-order chi connectivity index (χ0) is 13.5. The van der Waals surface area contributed by atoms with E-state index >= 15 is 0 Å². The van der Waals surface area contributed by atoms with Gasteiger partial charge in [-0.3, -0.25) is 4.98 Å². The molecule has 3 rings (SSSR count). The van der Waals surface area contributed by atoms with Gasteiger partial charge in [0.2, 0.25) is 0 Å². The van der Waals surface area contributed by atoms with Crippen molar-refractivity contribution in [3.05, 3.63) is 30.5 Å². The summed E-state index contributed by atoms with van der Waals surface area (Å²) in [7, 11) is -2.94. The lowest BCUT2D eigenvalue weighted by molar-refractivity contribution is 0.232. The highest BCUT2D eigenvalue weighted by atomic mass is 32.2. The van der Waals surface area contributed by atoms with Gasteiger partial charge in [0.1, 0.15) is 11.9 Å². The van der Waals surface area contributed by atoms with E-state index < -0.39 is 9.84 Å². The molecule has 1 atom stereocenters. The van der Waals surface area contributed by atoms with Crippen LogP contribution in [0.25, 0.3) is 10.9 Å². The molecule has 100 valence electrons. The third-order valence-corrected chi connectivity index (χ3v) is 4.98. The molecule has 6 heteroatoms. The van der Waals surface area contributed by atoms with Crippen LogP contribution in [-0.4, -0.2) is 31.0 Å². The van der Waals surface area contributed by atoms with Crippen molar-refractivity contribution in [3.63, 3.8) is 0 Å². The van der Waals surface area contributed by atoms with Crippen LogP contribution in [0, 0.1) is 0 Å². The van der Waals surface area contributed by atoms with E-state index in [-0.39, 0.29) is 17.6 Å². The first-order chi connectivity index (χ1) is 9.05. The molecule has 1 unspecified atom stereocenters. The van der Waals surface area contributed by atoms with Crippen molar-refractivity contribution in [2.75, 3.05) is 17.2 Å². The number of aromatic nitrogens is 1. The topological polar surface area (TPSA) is 82.3 Å². The maximum absolute atomic E-state index is 11.4. The van der Waals surface area contributed by atoms with E-state index in [1.807, 2.05) is 6.07 Å². The number of rotatable bonds is 2. The number of hydrogen-bond acceptors (Lipinski definition) is 5. The van der Waals surface area contributed by atoms with Crippen molar-refractivity contribution in [3.8, 4) is 5.75 Å². The van der Waals surface area contributed by atoms with Crippen LogP contribution in [-0.2, 0) is 9.84 Å². The fourth-order valence-electron chi connectivity index (χ4n) is 2.30. The smallest absolute Gasteiger partial charge is 0.154 e. The number of benzene rings is 1. The lowest BCUT2D eigenvalue weighted by Crippen LogP contribution is -2.17. The number of fused-ring (bicyclic) bond motifs is 1. The molecule has 1 aliphatic heterocycles. The Kier molecular flexibility index (Phi) is 2.82. The molecule has 2 aromatic rings. The van der Waals surface area contributed by atoms with Gasteiger partial charge in [-0.25, -0.2) is 8.42 Å². The minimum atomic E-state index is -2.94. The SMILES string of the molecule is Nc1ccc(OC2CCS(=O)(=O)C2)c2cccnc12. The molecule has 1 aromatic carbocycles. The third kappa shape index (κ3) is 2.35. The van der Waals surface area contributed by atoms with Crippen LogP contribution in [0.3, 0.4) is 0 Å². The summed E-state index contributed by atoms with van der Waals surface area (Å²) in [6.07, 6.45) is 1.92. The van der Waals surface area contributed by atoms with Crippen LogP contribution >= 0.6 is 0 Å².